The smallest absolute Gasteiger partial charge is 0.331 e. The van der Waals surface area contributed by atoms with Gasteiger partial charge in [0.25, 0.3) is 5.91 Å². The molecule has 6 heteroatoms. The van der Waals surface area contributed by atoms with Crippen molar-refractivity contribution in [3.8, 4) is 5.75 Å². The van der Waals surface area contributed by atoms with Crippen LogP contribution in [-0.2, 0) is 9.53 Å². The van der Waals surface area contributed by atoms with Crippen LogP contribution in [0.5, 0.6) is 5.75 Å². The van der Waals surface area contributed by atoms with Crippen molar-refractivity contribution < 1.29 is 19.1 Å². The van der Waals surface area contributed by atoms with Crippen molar-refractivity contribution in [1.29, 1.82) is 0 Å². The number of hydrogen-bond donors (Lipinski definition) is 1. The van der Waals surface area contributed by atoms with Crippen LogP contribution in [0.15, 0.2) is 11.4 Å². The predicted molar refractivity (Wildman–Crippen MR) is 73.7 cm³/mol. The van der Waals surface area contributed by atoms with Crippen LogP contribution in [0.3, 0.4) is 0 Å². The van der Waals surface area contributed by atoms with Crippen LogP contribution < -0.4 is 10.1 Å². The molecule has 0 bridgehead atoms. The van der Waals surface area contributed by atoms with Crippen molar-refractivity contribution in [2.45, 2.75) is 32.2 Å². The van der Waals surface area contributed by atoms with E-state index in [2.05, 4.69) is 5.32 Å². The normalized spacial score (nSPS) is 13.5. The first-order valence-electron chi connectivity index (χ1n) is 6.00. The lowest BCUT2D eigenvalue weighted by molar-refractivity contribution is -0.147. The molecule has 1 aromatic rings. The van der Waals surface area contributed by atoms with Crippen LogP contribution in [0.25, 0.3) is 0 Å². The van der Waals surface area contributed by atoms with E-state index in [9.17, 15) is 9.59 Å². The number of methoxy groups -OCH3 is 2. The molecule has 1 unspecified atom stereocenters. The summed E-state index contributed by atoms with van der Waals surface area (Å²) < 4.78 is 9.79. The van der Waals surface area contributed by atoms with Crippen LogP contribution in [0.4, 0.5) is 0 Å². The van der Waals surface area contributed by atoms with Gasteiger partial charge in [0.15, 0.2) is 0 Å². The summed E-state index contributed by atoms with van der Waals surface area (Å²) in [5.41, 5.74) is -1.00. The van der Waals surface area contributed by atoms with Crippen LogP contribution in [-0.4, -0.2) is 31.6 Å². The second-order valence-corrected chi connectivity index (χ2v) is 5.29. The molecular weight excluding hydrogens is 266 g/mol. The fourth-order valence-corrected chi connectivity index (χ4v) is 2.55. The third kappa shape index (κ3) is 3.70. The van der Waals surface area contributed by atoms with Gasteiger partial charge in [0, 0.05) is 11.4 Å². The number of carbonyl (C=O) groups excluding carboxylic acids is 2. The Morgan fingerprint density at radius 1 is 1.42 bits per heavy atom. The Morgan fingerprint density at radius 3 is 2.58 bits per heavy atom. The molecule has 1 heterocycles. The quantitative estimate of drug-likeness (QED) is 0.814. The second kappa shape index (κ2) is 6.56. The van der Waals surface area contributed by atoms with Crippen molar-refractivity contribution in [3.63, 3.8) is 0 Å². The van der Waals surface area contributed by atoms with Gasteiger partial charge in [0.2, 0.25) is 0 Å². The molecule has 1 aromatic heterocycles. The Balaban J connectivity index is 2.84. The number of thiophene rings is 1. The van der Waals surface area contributed by atoms with Crippen LogP contribution in [0.1, 0.15) is 36.4 Å². The topological polar surface area (TPSA) is 64.6 Å². The van der Waals surface area contributed by atoms with Gasteiger partial charge in [0.05, 0.1) is 19.1 Å². The van der Waals surface area contributed by atoms with Gasteiger partial charge >= 0.3 is 5.97 Å². The Labute approximate surface area is 116 Å². The summed E-state index contributed by atoms with van der Waals surface area (Å²) in [6.45, 7) is 3.62. The predicted octanol–water partition coefficient (Wildman–Crippen LogP) is 2.22. The molecule has 0 aliphatic heterocycles. The van der Waals surface area contributed by atoms with Crippen LogP contribution >= 0.6 is 11.3 Å². The molecule has 0 radical (unpaired) electrons. The molecule has 5 nitrogen and oxygen atoms in total. The Hall–Kier alpha value is -1.56. The SMILES string of the molecule is CCCC(C)(NC(=O)c1cc(OC)cs1)C(=O)OC. The zero-order valence-electron chi connectivity index (χ0n) is 11.6. The molecular formula is C13H19NO4S. The fourth-order valence-electron chi connectivity index (χ4n) is 1.80. The Morgan fingerprint density at radius 2 is 2.11 bits per heavy atom. The number of esters is 1. The molecule has 19 heavy (non-hydrogen) atoms. The first-order valence-corrected chi connectivity index (χ1v) is 6.88. The first kappa shape index (κ1) is 15.5. The summed E-state index contributed by atoms with van der Waals surface area (Å²) in [4.78, 5) is 24.4. The summed E-state index contributed by atoms with van der Waals surface area (Å²) in [7, 11) is 2.86. The summed E-state index contributed by atoms with van der Waals surface area (Å²) in [6, 6.07) is 1.64. The van der Waals surface area contributed by atoms with E-state index >= 15 is 0 Å². The average Bonchev–Trinajstić information content (AvgIpc) is 2.86. The van der Waals surface area contributed by atoms with Crippen molar-refractivity contribution in [1.82, 2.24) is 5.32 Å². The van der Waals surface area contributed by atoms with E-state index in [4.69, 9.17) is 9.47 Å². The third-order valence-corrected chi connectivity index (χ3v) is 3.72. The molecule has 0 aromatic carbocycles. The molecule has 0 fully saturated rings. The van der Waals surface area contributed by atoms with E-state index in [0.29, 0.717) is 17.0 Å². The maximum Gasteiger partial charge on any atom is 0.331 e. The highest BCUT2D eigenvalue weighted by molar-refractivity contribution is 7.12. The number of carbonyl (C=O) groups is 2. The fraction of sp³-hybridized carbons (Fsp3) is 0.538. The van der Waals surface area contributed by atoms with E-state index in [1.54, 1.807) is 25.5 Å². The van der Waals surface area contributed by atoms with Crippen molar-refractivity contribution >= 4 is 23.2 Å². The maximum absolute atomic E-state index is 12.1. The summed E-state index contributed by atoms with van der Waals surface area (Å²) in [6.07, 6.45) is 1.29. The molecule has 1 atom stereocenters. The lowest BCUT2D eigenvalue weighted by Crippen LogP contribution is -2.52. The first-order chi connectivity index (χ1) is 8.96. The molecule has 0 saturated carbocycles. The number of nitrogens with one attached hydrogen (secondary N) is 1. The minimum atomic E-state index is -1.00. The summed E-state index contributed by atoms with van der Waals surface area (Å²) in [5.74, 6) is -0.105. The number of amides is 1. The zero-order valence-corrected chi connectivity index (χ0v) is 12.4. The molecule has 0 aliphatic rings. The van der Waals surface area contributed by atoms with Crippen molar-refractivity contribution in [2.75, 3.05) is 14.2 Å². The summed E-state index contributed by atoms with van der Waals surface area (Å²) >= 11 is 1.27. The van der Waals surface area contributed by atoms with Gasteiger partial charge in [0.1, 0.15) is 11.3 Å². The maximum atomic E-state index is 12.1. The van der Waals surface area contributed by atoms with Crippen LogP contribution in [0.2, 0.25) is 0 Å². The van der Waals surface area contributed by atoms with Crippen LogP contribution in [0, 0.1) is 0 Å². The van der Waals surface area contributed by atoms with Gasteiger partial charge in [-0.2, -0.15) is 0 Å². The molecule has 1 rings (SSSR count). The lowest BCUT2D eigenvalue weighted by Gasteiger charge is -2.27. The third-order valence-electron chi connectivity index (χ3n) is 2.81. The van der Waals surface area contributed by atoms with E-state index in [1.165, 1.54) is 18.4 Å². The molecule has 0 saturated heterocycles. The molecule has 0 aliphatic carbocycles. The van der Waals surface area contributed by atoms with Gasteiger partial charge in [-0.1, -0.05) is 13.3 Å². The van der Waals surface area contributed by atoms with Crippen molar-refractivity contribution in [3.05, 3.63) is 16.3 Å². The number of hydrogen-bond acceptors (Lipinski definition) is 5. The monoisotopic (exact) mass is 285 g/mol. The highest BCUT2D eigenvalue weighted by atomic mass is 32.1. The molecule has 106 valence electrons. The second-order valence-electron chi connectivity index (χ2n) is 4.38. The molecule has 1 N–H and O–H groups in total. The number of ether oxygens (including phenoxy) is 2. The molecule has 1 amide bonds. The van der Waals surface area contributed by atoms with Crippen molar-refractivity contribution in [2.24, 2.45) is 0 Å². The van der Waals surface area contributed by atoms with E-state index in [-0.39, 0.29) is 5.91 Å². The highest BCUT2D eigenvalue weighted by Crippen LogP contribution is 2.22. The van der Waals surface area contributed by atoms with Gasteiger partial charge in [-0.05, 0) is 13.3 Å². The van der Waals surface area contributed by atoms with E-state index in [0.717, 1.165) is 6.42 Å². The number of rotatable bonds is 6. The van der Waals surface area contributed by atoms with Gasteiger partial charge < -0.3 is 14.8 Å². The minimum Gasteiger partial charge on any atom is -0.496 e. The van der Waals surface area contributed by atoms with Gasteiger partial charge in [-0.15, -0.1) is 11.3 Å². The minimum absolute atomic E-state index is 0.297. The van der Waals surface area contributed by atoms with E-state index in [1.807, 2.05) is 6.92 Å². The average molecular weight is 285 g/mol. The summed E-state index contributed by atoms with van der Waals surface area (Å²) in [5, 5.41) is 4.48. The van der Waals surface area contributed by atoms with Gasteiger partial charge in [-0.3, -0.25) is 4.79 Å². The highest BCUT2D eigenvalue weighted by Gasteiger charge is 2.35. The Bertz CT molecular complexity index is 457. The largest absolute Gasteiger partial charge is 0.496 e. The van der Waals surface area contributed by atoms with Gasteiger partial charge in [-0.25, -0.2) is 4.79 Å². The standard InChI is InChI=1S/C13H19NO4S/c1-5-6-13(2,12(16)18-4)14-11(15)10-7-9(17-3)8-19-10/h7-8H,5-6H2,1-4H3,(H,14,15). The Kier molecular flexibility index (Phi) is 5.35. The molecule has 0 spiro atoms. The van der Waals surface area contributed by atoms with E-state index < -0.39 is 11.5 Å². The zero-order chi connectivity index (χ0) is 14.5. The lowest BCUT2D eigenvalue weighted by atomic mass is 9.96.